The van der Waals surface area contributed by atoms with Crippen LogP contribution in [-0.2, 0) is 98.8 Å². The fourth-order valence-electron chi connectivity index (χ4n) is 14.9. The molecule has 6 atom stereocenters. The molecule has 0 saturated carbocycles. The second kappa shape index (κ2) is 31.8. The summed E-state index contributed by atoms with van der Waals surface area (Å²) >= 11 is 13.2. The minimum Gasteiger partial charge on any atom is -0.378 e. The minimum absolute atomic E-state index is 0.0572. The Bertz CT molecular complexity index is 5910. The van der Waals surface area contributed by atoms with Crippen LogP contribution in [-0.4, -0.2) is 111 Å². The molecule has 35 heteroatoms. The lowest BCUT2D eigenvalue weighted by Gasteiger charge is -2.22. The quantitative estimate of drug-likeness (QED) is 0.0502. The van der Waals surface area contributed by atoms with Gasteiger partial charge in [0.25, 0.3) is 18.3 Å². The number of aryl methyl sites for hydroxylation is 2. The summed E-state index contributed by atoms with van der Waals surface area (Å²) < 4.78 is 245. The number of halogens is 15. The number of rotatable bonds is 21. The summed E-state index contributed by atoms with van der Waals surface area (Å²) in [5.41, 5.74) is -4.92. The number of nitrogens with zero attached hydrogens (tertiary/aromatic N) is 10. The lowest BCUT2D eigenvalue weighted by atomic mass is 9.86. The fourth-order valence-corrected chi connectivity index (χ4v) is 16.9. The Hall–Kier alpha value is -9.51. The van der Waals surface area contributed by atoms with Crippen LogP contribution in [0.25, 0.3) is 44.1 Å². The first kappa shape index (κ1) is 86.4. The standard InChI is InChI=1S/C40H37ClF7N5O4S.C40H38ClF6N5O4S/c1-20-21(2)39(44,45)37-32(20)36(40(46,47)48)51-53(37)18-27(54)16-23(13-22-14-24(42)17-25(43)15-22)34-28(8-7-26(49-34)11-12-38(3,4)55)29-9-10-30(41)33-31(19-58(6,56)57)50-52(5)35(29)33;1-20-21(2)40(46,47)37-32(20)35(38(44)45)50-52(37)18-27(53)16-23(13-22-14-24(42)17-25(43)15-22)34-28(8-7-26(48-34)11-12-39(3,4)54)29-9-10-30(41)33-31(19-57(6,55)56)49-51(5)36(29)33/h7-10,14-15,17,20-21,23,55H,13,16,18-19H2,1-6H3;7-10,14-15,17,20-21,23,38,54H,13,16,18-19H2,1-6H3/t2*20-,21+,23+/m00/s1. The van der Waals surface area contributed by atoms with Gasteiger partial charge in [-0.25, -0.2) is 53.1 Å². The number of Topliss-reactive ketones (excluding diaryl/α,β-unsaturated/α-hetero) is 2. The van der Waals surface area contributed by atoms with Gasteiger partial charge in [-0.15, -0.1) is 0 Å². The molecule has 0 fully saturated rings. The van der Waals surface area contributed by atoms with E-state index in [1.807, 2.05) is 0 Å². The summed E-state index contributed by atoms with van der Waals surface area (Å²) in [7, 11) is -4.04. The summed E-state index contributed by atoms with van der Waals surface area (Å²) in [6.45, 7) is 8.92. The lowest BCUT2D eigenvalue weighted by Crippen LogP contribution is -2.26. The Morgan fingerprint density at radius 1 is 0.539 bits per heavy atom. The number of carbonyl (C=O) groups is 2. The summed E-state index contributed by atoms with van der Waals surface area (Å²) in [6, 6.07) is 18.0. The first-order valence-electron chi connectivity index (χ1n) is 35.6. The van der Waals surface area contributed by atoms with Crippen LogP contribution in [0.5, 0.6) is 0 Å². The van der Waals surface area contributed by atoms with Crippen LogP contribution in [0.1, 0.15) is 178 Å². The van der Waals surface area contributed by atoms with E-state index in [9.17, 15) is 76.2 Å². The number of hydrogen-bond acceptors (Lipinski definition) is 14. The van der Waals surface area contributed by atoms with E-state index in [1.165, 1.54) is 82.1 Å². The fraction of sp³-hybridized carbons (Fsp3) is 0.400. The van der Waals surface area contributed by atoms with Crippen molar-refractivity contribution >= 4 is 76.2 Å². The molecule has 6 aromatic heterocycles. The molecule has 0 radical (unpaired) electrons. The maximum absolute atomic E-state index is 15.6. The molecule has 0 aliphatic heterocycles. The van der Waals surface area contributed by atoms with E-state index >= 15 is 17.6 Å². The van der Waals surface area contributed by atoms with E-state index in [0.29, 0.717) is 65.6 Å². The summed E-state index contributed by atoms with van der Waals surface area (Å²) in [5, 5.41) is 37.8. The normalized spacial score (nSPS) is 17.2. The first-order chi connectivity index (χ1) is 53.2. The van der Waals surface area contributed by atoms with Crippen molar-refractivity contribution in [1.29, 1.82) is 0 Å². The number of aromatic nitrogens is 10. The van der Waals surface area contributed by atoms with Crippen LogP contribution in [0.2, 0.25) is 10.0 Å². The van der Waals surface area contributed by atoms with Gasteiger partial charge in [0.15, 0.2) is 36.9 Å². The highest BCUT2D eigenvalue weighted by molar-refractivity contribution is 7.90. The van der Waals surface area contributed by atoms with Crippen molar-refractivity contribution in [1.82, 2.24) is 49.1 Å². The molecular weight excluding hydrogens is 1610 g/mol. The smallest absolute Gasteiger partial charge is 0.378 e. The SMILES string of the molecule is C[C@@H]1c2c(C(F)(F)F)nn(CC(=O)C[C@@H](Cc3cc(F)cc(F)c3)c3nc(C#CC(C)(C)O)ccc3-c3ccc(Cl)c4c(CS(C)(=O)=O)nn(C)c34)c2C(F)(F)[C@@H]1C.C[C@@H]1c2c(C(F)F)nn(CC(=O)C[C@@H](Cc3cc(F)cc(F)c3)c3nc(C#CC(C)(C)O)ccc3-c3ccc(Cl)c4c(CS(C)(=O)=O)nn(C)c34)c2C(F)(F)[C@@H]1C. The molecule has 0 bridgehead atoms. The van der Waals surface area contributed by atoms with E-state index in [4.69, 9.17) is 33.2 Å². The van der Waals surface area contributed by atoms with Crippen molar-refractivity contribution in [2.45, 2.75) is 165 Å². The number of aliphatic hydroxyl groups is 2. The van der Waals surface area contributed by atoms with E-state index in [2.05, 4.69) is 44.1 Å². The average Bonchev–Trinajstić information content (AvgIpc) is 1.56. The average molecular weight is 1690 g/mol. The Labute approximate surface area is 662 Å². The summed E-state index contributed by atoms with van der Waals surface area (Å²) in [5.74, 6) is -9.96. The van der Waals surface area contributed by atoms with Crippen molar-refractivity contribution in [3.8, 4) is 45.9 Å². The molecule has 610 valence electrons. The Kier molecular flexibility index (Phi) is 23.9. The second-order valence-corrected chi connectivity index (χ2v) is 35.5. The maximum atomic E-state index is 15.6. The lowest BCUT2D eigenvalue weighted by molar-refractivity contribution is -0.142. The Morgan fingerprint density at radius 2 is 0.896 bits per heavy atom. The minimum atomic E-state index is -5.10. The number of ketones is 2. The van der Waals surface area contributed by atoms with E-state index in [0.717, 1.165) is 43.7 Å². The number of carbonyl (C=O) groups excluding carboxylic acids is 2. The molecule has 10 aromatic rings. The van der Waals surface area contributed by atoms with Gasteiger partial charge in [-0.05, 0) is 136 Å². The number of sulfone groups is 2. The van der Waals surface area contributed by atoms with Crippen molar-refractivity contribution in [3.63, 3.8) is 0 Å². The van der Waals surface area contributed by atoms with Gasteiger partial charge in [0, 0.05) is 119 Å². The van der Waals surface area contributed by atoms with Gasteiger partial charge in [0.1, 0.15) is 76.0 Å². The number of benzene rings is 4. The molecule has 115 heavy (non-hydrogen) atoms. The van der Waals surface area contributed by atoms with Crippen LogP contribution < -0.4 is 0 Å². The first-order valence-corrected chi connectivity index (χ1v) is 40.5. The molecule has 18 nitrogen and oxygen atoms in total. The largest absolute Gasteiger partial charge is 0.435 e. The highest BCUT2D eigenvalue weighted by atomic mass is 35.5. The number of hydrogen-bond donors (Lipinski definition) is 2. The highest BCUT2D eigenvalue weighted by Gasteiger charge is 2.58. The molecule has 0 saturated heterocycles. The topological polar surface area (TPSA) is 240 Å². The zero-order chi connectivity index (χ0) is 84.8. The maximum Gasteiger partial charge on any atom is 0.435 e. The zero-order valence-corrected chi connectivity index (χ0v) is 66.7. The van der Waals surface area contributed by atoms with E-state index in [1.54, 1.807) is 38.4 Å². The van der Waals surface area contributed by atoms with Gasteiger partial charge in [0.05, 0.1) is 55.4 Å². The third-order valence-electron chi connectivity index (χ3n) is 20.1. The van der Waals surface area contributed by atoms with Crippen LogP contribution in [0, 0.1) is 58.8 Å². The molecule has 2 aliphatic carbocycles. The predicted octanol–water partition coefficient (Wildman–Crippen LogP) is 16.5. The van der Waals surface area contributed by atoms with Crippen LogP contribution in [0.3, 0.4) is 0 Å². The predicted molar refractivity (Wildman–Crippen MR) is 404 cm³/mol. The van der Waals surface area contributed by atoms with Crippen molar-refractivity contribution in [2.75, 3.05) is 12.5 Å². The molecular formula is C80H75Cl2F13N10O8S2. The zero-order valence-electron chi connectivity index (χ0n) is 63.6. The monoisotopic (exact) mass is 1680 g/mol. The molecule has 2 N–H and O–H groups in total. The third kappa shape index (κ3) is 18.7. The van der Waals surface area contributed by atoms with Gasteiger partial charge >= 0.3 is 6.18 Å². The second-order valence-electron chi connectivity index (χ2n) is 30.4. The number of fused-ring (bicyclic) bond motifs is 4. The molecule has 6 heterocycles. The summed E-state index contributed by atoms with van der Waals surface area (Å²) in [4.78, 5) is 37.7. The molecule has 0 spiro atoms. The number of alkyl halides is 9. The van der Waals surface area contributed by atoms with Crippen molar-refractivity contribution < 1.29 is 93.7 Å². The Morgan fingerprint density at radius 3 is 1.25 bits per heavy atom. The van der Waals surface area contributed by atoms with Gasteiger partial charge in [-0.1, -0.05) is 74.9 Å². The van der Waals surface area contributed by atoms with Crippen LogP contribution in [0.4, 0.5) is 57.1 Å². The molecule has 4 aromatic carbocycles. The van der Waals surface area contributed by atoms with E-state index < -0.39 is 191 Å². The molecule has 0 unspecified atom stereocenters. The number of pyridine rings is 2. The van der Waals surface area contributed by atoms with Crippen LogP contribution in [0.15, 0.2) is 84.9 Å². The third-order valence-corrected chi connectivity index (χ3v) is 22.3. The van der Waals surface area contributed by atoms with Gasteiger partial charge < -0.3 is 10.2 Å². The van der Waals surface area contributed by atoms with Gasteiger partial charge in [-0.2, -0.15) is 51.1 Å². The van der Waals surface area contributed by atoms with Crippen molar-refractivity contribution in [3.05, 3.63) is 197 Å². The van der Waals surface area contributed by atoms with Gasteiger partial charge in [0.2, 0.25) is 0 Å². The van der Waals surface area contributed by atoms with Gasteiger partial charge in [-0.3, -0.25) is 28.3 Å². The van der Waals surface area contributed by atoms with Crippen molar-refractivity contribution in [2.24, 2.45) is 25.9 Å². The molecule has 0 amide bonds. The highest BCUT2D eigenvalue weighted by Crippen LogP contribution is 2.57. The molecule has 2 aliphatic rings. The molecule has 12 rings (SSSR count). The van der Waals surface area contributed by atoms with E-state index in [-0.39, 0.29) is 73.7 Å². The Balaban J connectivity index is 0.000000226. The summed E-state index contributed by atoms with van der Waals surface area (Å²) in [6.07, 6.45) is -7.83. The van der Waals surface area contributed by atoms with Crippen LogP contribution >= 0.6 is 23.2 Å².